The first-order chi connectivity index (χ1) is 10.1. The van der Waals surface area contributed by atoms with Crippen molar-refractivity contribution in [2.45, 2.75) is 19.4 Å². The predicted molar refractivity (Wildman–Crippen MR) is 81.8 cm³/mol. The average molecular weight is 302 g/mol. The van der Waals surface area contributed by atoms with E-state index >= 15 is 0 Å². The molecule has 0 fully saturated rings. The van der Waals surface area contributed by atoms with Crippen LogP contribution in [0, 0.1) is 0 Å². The molecule has 0 saturated heterocycles. The third-order valence-corrected chi connectivity index (χ3v) is 3.99. The first kappa shape index (κ1) is 13.6. The molecule has 1 atom stereocenters. The van der Waals surface area contributed by atoms with Crippen LogP contribution >= 0.6 is 11.3 Å². The van der Waals surface area contributed by atoms with Gasteiger partial charge in [0.2, 0.25) is 5.91 Å². The first-order valence-electron chi connectivity index (χ1n) is 6.55. The largest absolute Gasteiger partial charge is 0.479 e. The second-order valence-electron chi connectivity index (χ2n) is 4.76. The number of carbonyl (C=O) groups is 2. The Morgan fingerprint density at radius 1 is 1.43 bits per heavy atom. The third-order valence-electron chi connectivity index (χ3n) is 3.11. The van der Waals surface area contributed by atoms with Crippen molar-refractivity contribution < 1.29 is 14.3 Å². The van der Waals surface area contributed by atoms with Crippen molar-refractivity contribution in [3.63, 3.8) is 0 Å². The second kappa shape index (κ2) is 5.57. The number of fused-ring (bicyclic) bond motifs is 1. The summed E-state index contributed by atoms with van der Waals surface area (Å²) in [6, 6.07) is 9.04. The number of ether oxygens (including phenoxy) is 1. The molecule has 0 bridgehead atoms. The van der Waals surface area contributed by atoms with Gasteiger partial charge in [0.05, 0.1) is 12.1 Å². The topological polar surface area (TPSA) is 67.4 Å². The van der Waals surface area contributed by atoms with Gasteiger partial charge in [0.1, 0.15) is 5.75 Å². The molecule has 2 N–H and O–H groups in total. The van der Waals surface area contributed by atoms with Gasteiger partial charge >= 0.3 is 0 Å². The van der Waals surface area contributed by atoms with Crippen molar-refractivity contribution in [1.29, 1.82) is 0 Å². The standard InChI is InChI=1S/C15H14N2O3S/c1-9-15(19)17-12-7-10(4-5-13(12)20-9)16-14(18)8-11-3-2-6-21-11/h2-7,9H,8H2,1H3,(H,16,18)(H,17,19)/t9-/m1/s1. The summed E-state index contributed by atoms with van der Waals surface area (Å²) < 4.78 is 5.47. The predicted octanol–water partition coefficient (Wildman–Crippen LogP) is 2.65. The van der Waals surface area contributed by atoms with Gasteiger partial charge in [-0.2, -0.15) is 0 Å². The van der Waals surface area contributed by atoms with Crippen LogP contribution < -0.4 is 15.4 Å². The highest BCUT2D eigenvalue weighted by Gasteiger charge is 2.23. The second-order valence-corrected chi connectivity index (χ2v) is 5.80. The fourth-order valence-electron chi connectivity index (χ4n) is 2.06. The minimum absolute atomic E-state index is 0.0891. The lowest BCUT2D eigenvalue weighted by Gasteiger charge is -2.23. The molecule has 1 aromatic carbocycles. The molecule has 1 aliphatic heterocycles. The van der Waals surface area contributed by atoms with E-state index < -0.39 is 6.10 Å². The molecular formula is C15H14N2O3S. The lowest BCUT2D eigenvalue weighted by Crippen LogP contribution is -2.34. The summed E-state index contributed by atoms with van der Waals surface area (Å²) in [6.07, 6.45) is -0.161. The molecule has 2 amide bonds. The molecule has 2 aromatic rings. The van der Waals surface area contributed by atoms with Gasteiger partial charge in [-0.15, -0.1) is 11.3 Å². The van der Waals surface area contributed by atoms with Crippen molar-refractivity contribution in [1.82, 2.24) is 0 Å². The number of anilines is 2. The van der Waals surface area contributed by atoms with Crippen LogP contribution in [0.1, 0.15) is 11.8 Å². The van der Waals surface area contributed by atoms with Crippen LogP contribution in [0.15, 0.2) is 35.7 Å². The smallest absolute Gasteiger partial charge is 0.265 e. The zero-order valence-electron chi connectivity index (χ0n) is 11.4. The normalized spacial score (nSPS) is 16.6. The Kier molecular flexibility index (Phi) is 3.62. The van der Waals surface area contributed by atoms with E-state index in [4.69, 9.17) is 4.74 Å². The van der Waals surface area contributed by atoms with Crippen molar-refractivity contribution in [3.05, 3.63) is 40.6 Å². The summed E-state index contributed by atoms with van der Waals surface area (Å²) in [5, 5.41) is 7.51. The molecule has 0 radical (unpaired) electrons. The number of carbonyl (C=O) groups excluding carboxylic acids is 2. The Morgan fingerprint density at radius 3 is 3.05 bits per heavy atom. The van der Waals surface area contributed by atoms with Crippen molar-refractivity contribution >= 4 is 34.5 Å². The molecule has 0 unspecified atom stereocenters. The number of rotatable bonds is 3. The molecule has 6 heteroatoms. The van der Waals surface area contributed by atoms with E-state index in [9.17, 15) is 9.59 Å². The zero-order chi connectivity index (χ0) is 14.8. The molecule has 1 aliphatic rings. The van der Waals surface area contributed by atoms with Gasteiger partial charge in [-0.05, 0) is 36.6 Å². The van der Waals surface area contributed by atoms with E-state index in [1.807, 2.05) is 17.5 Å². The van der Waals surface area contributed by atoms with E-state index in [0.717, 1.165) is 4.88 Å². The summed E-state index contributed by atoms with van der Waals surface area (Å²) in [6.45, 7) is 1.69. The number of hydrogen-bond acceptors (Lipinski definition) is 4. The SMILES string of the molecule is C[C@H]1Oc2ccc(NC(=O)Cc3cccs3)cc2NC1=O. The summed E-state index contributed by atoms with van der Waals surface area (Å²) in [5.41, 5.74) is 1.21. The van der Waals surface area contributed by atoms with E-state index in [1.165, 1.54) is 0 Å². The molecule has 0 spiro atoms. The maximum Gasteiger partial charge on any atom is 0.265 e. The lowest BCUT2D eigenvalue weighted by molar-refractivity contribution is -0.122. The Hall–Kier alpha value is -2.34. The first-order valence-corrected chi connectivity index (χ1v) is 7.43. The Balaban J connectivity index is 1.71. The Bertz CT molecular complexity index is 682. The van der Waals surface area contributed by atoms with E-state index in [2.05, 4.69) is 10.6 Å². The fourth-order valence-corrected chi connectivity index (χ4v) is 2.77. The van der Waals surface area contributed by atoms with Gasteiger partial charge in [0, 0.05) is 10.6 Å². The van der Waals surface area contributed by atoms with Crippen molar-refractivity contribution in [2.24, 2.45) is 0 Å². The maximum absolute atomic E-state index is 11.9. The highest BCUT2D eigenvalue weighted by atomic mass is 32.1. The van der Waals surface area contributed by atoms with Crippen LogP contribution in [-0.4, -0.2) is 17.9 Å². The van der Waals surface area contributed by atoms with E-state index in [1.54, 1.807) is 36.5 Å². The average Bonchev–Trinajstić information content (AvgIpc) is 2.93. The summed E-state index contributed by atoms with van der Waals surface area (Å²) in [4.78, 5) is 24.5. The number of thiophene rings is 1. The number of amides is 2. The van der Waals surface area contributed by atoms with Crippen LogP contribution in [0.4, 0.5) is 11.4 Å². The number of benzene rings is 1. The van der Waals surface area contributed by atoms with Crippen LogP contribution in [-0.2, 0) is 16.0 Å². The molecule has 108 valence electrons. The number of hydrogen-bond donors (Lipinski definition) is 2. The van der Waals surface area contributed by atoms with E-state index in [-0.39, 0.29) is 11.8 Å². The monoisotopic (exact) mass is 302 g/mol. The van der Waals surface area contributed by atoms with Gasteiger partial charge in [0.25, 0.3) is 5.91 Å². The van der Waals surface area contributed by atoms with Crippen molar-refractivity contribution in [3.8, 4) is 5.75 Å². The fraction of sp³-hybridized carbons (Fsp3) is 0.200. The van der Waals surface area contributed by atoms with Gasteiger partial charge in [-0.3, -0.25) is 9.59 Å². The number of nitrogens with one attached hydrogen (secondary N) is 2. The van der Waals surface area contributed by atoms with Gasteiger partial charge in [-0.1, -0.05) is 6.07 Å². The van der Waals surface area contributed by atoms with Crippen LogP contribution in [0.2, 0.25) is 0 Å². The third kappa shape index (κ3) is 3.05. The van der Waals surface area contributed by atoms with Crippen LogP contribution in [0.3, 0.4) is 0 Å². The molecule has 0 aliphatic carbocycles. The highest BCUT2D eigenvalue weighted by Crippen LogP contribution is 2.32. The molecule has 5 nitrogen and oxygen atoms in total. The molecule has 21 heavy (non-hydrogen) atoms. The summed E-state index contributed by atoms with van der Waals surface area (Å²) in [5.74, 6) is 0.330. The van der Waals surface area contributed by atoms with Gasteiger partial charge in [0.15, 0.2) is 6.10 Å². The van der Waals surface area contributed by atoms with Crippen molar-refractivity contribution in [2.75, 3.05) is 10.6 Å². The summed E-state index contributed by atoms with van der Waals surface area (Å²) in [7, 11) is 0. The molecule has 2 heterocycles. The molecule has 0 saturated carbocycles. The van der Waals surface area contributed by atoms with Crippen LogP contribution in [0.25, 0.3) is 0 Å². The minimum Gasteiger partial charge on any atom is -0.479 e. The zero-order valence-corrected chi connectivity index (χ0v) is 12.2. The molecule has 1 aromatic heterocycles. The van der Waals surface area contributed by atoms with Crippen LogP contribution in [0.5, 0.6) is 5.75 Å². The Labute approximate surface area is 125 Å². The highest BCUT2D eigenvalue weighted by molar-refractivity contribution is 7.10. The Morgan fingerprint density at radius 2 is 2.29 bits per heavy atom. The maximum atomic E-state index is 11.9. The van der Waals surface area contributed by atoms with E-state index in [0.29, 0.717) is 23.5 Å². The quantitative estimate of drug-likeness (QED) is 0.916. The summed E-state index contributed by atoms with van der Waals surface area (Å²) >= 11 is 1.55. The minimum atomic E-state index is -0.503. The van der Waals surface area contributed by atoms with Gasteiger partial charge < -0.3 is 15.4 Å². The molecular weight excluding hydrogens is 288 g/mol. The van der Waals surface area contributed by atoms with Gasteiger partial charge in [-0.25, -0.2) is 0 Å². The lowest BCUT2D eigenvalue weighted by atomic mass is 10.2. The molecule has 3 rings (SSSR count).